The predicted octanol–water partition coefficient (Wildman–Crippen LogP) is 3.52. The van der Waals surface area contributed by atoms with Gasteiger partial charge >= 0.3 is 0 Å². The minimum atomic E-state index is 0.414. The van der Waals surface area contributed by atoms with Crippen molar-refractivity contribution in [1.29, 1.82) is 0 Å². The van der Waals surface area contributed by atoms with Crippen LogP contribution in [0.1, 0.15) is 46.2 Å². The highest BCUT2D eigenvalue weighted by Crippen LogP contribution is 2.36. The Morgan fingerprint density at radius 2 is 2.26 bits per heavy atom. The summed E-state index contributed by atoms with van der Waals surface area (Å²) in [5, 5.41) is 6.82. The molecule has 0 bridgehead atoms. The van der Waals surface area contributed by atoms with Crippen molar-refractivity contribution >= 4 is 16.5 Å². The molecule has 0 aromatic carbocycles. The first-order valence-corrected chi connectivity index (χ1v) is 8.28. The van der Waals surface area contributed by atoms with E-state index in [1.165, 1.54) is 30.2 Å². The molecule has 0 spiro atoms. The molecular formula is C15H27N3S. The predicted molar refractivity (Wildman–Crippen MR) is 83.9 cm³/mol. The van der Waals surface area contributed by atoms with Crippen molar-refractivity contribution < 1.29 is 0 Å². The minimum Gasteiger partial charge on any atom is -0.348 e. The van der Waals surface area contributed by atoms with Crippen molar-refractivity contribution in [3.63, 3.8) is 0 Å². The van der Waals surface area contributed by atoms with Crippen molar-refractivity contribution in [3.05, 3.63) is 11.1 Å². The topological polar surface area (TPSA) is 28.2 Å². The maximum atomic E-state index is 4.76. The van der Waals surface area contributed by atoms with Gasteiger partial charge in [0.25, 0.3) is 0 Å². The molecule has 3 nitrogen and oxygen atoms in total. The number of anilines is 1. The zero-order chi connectivity index (χ0) is 13.9. The smallest absolute Gasteiger partial charge is 0.185 e. The Balaban J connectivity index is 1.89. The van der Waals surface area contributed by atoms with Crippen LogP contribution in [-0.4, -0.2) is 24.6 Å². The molecule has 1 aromatic heterocycles. The van der Waals surface area contributed by atoms with Crippen LogP contribution < -0.4 is 10.2 Å². The van der Waals surface area contributed by atoms with Gasteiger partial charge in [-0.2, -0.15) is 0 Å². The molecule has 1 unspecified atom stereocenters. The average Bonchev–Trinajstić information content (AvgIpc) is 2.96. The summed E-state index contributed by atoms with van der Waals surface area (Å²) < 4.78 is 0. The summed E-state index contributed by atoms with van der Waals surface area (Å²) in [6.07, 6.45) is 2.48. The lowest BCUT2D eigenvalue weighted by atomic mass is 9.80. The molecule has 108 valence electrons. The fourth-order valence-electron chi connectivity index (χ4n) is 2.56. The van der Waals surface area contributed by atoms with E-state index in [9.17, 15) is 0 Å². The molecule has 1 N–H and O–H groups in total. The number of hydrogen-bond acceptors (Lipinski definition) is 4. The number of rotatable bonds is 5. The molecule has 19 heavy (non-hydrogen) atoms. The largest absolute Gasteiger partial charge is 0.348 e. The van der Waals surface area contributed by atoms with Crippen LogP contribution in [0.15, 0.2) is 5.38 Å². The van der Waals surface area contributed by atoms with Gasteiger partial charge in [0.1, 0.15) is 0 Å². The third kappa shape index (κ3) is 3.93. The van der Waals surface area contributed by atoms with E-state index in [1.54, 1.807) is 11.3 Å². The van der Waals surface area contributed by atoms with Crippen LogP contribution in [0, 0.1) is 11.3 Å². The van der Waals surface area contributed by atoms with Crippen molar-refractivity contribution in [3.8, 4) is 0 Å². The van der Waals surface area contributed by atoms with Crippen LogP contribution >= 0.6 is 11.3 Å². The van der Waals surface area contributed by atoms with Gasteiger partial charge in [0.05, 0.1) is 5.69 Å². The Morgan fingerprint density at radius 1 is 1.47 bits per heavy atom. The van der Waals surface area contributed by atoms with Crippen molar-refractivity contribution in [1.82, 2.24) is 10.3 Å². The highest BCUT2D eigenvalue weighted by atomic mass is 32.1. The van der Waals surface area contributed by atoms with E-state index in [0.717, 1.165) is 25.6 Å². The third-order valence-corrected chi connectivity index (χ3v) is 4.91. The van der Waals surface area contributed by atoms with Crippen LogP contribution in [0.2, 0.25) is 0 Å². The average molecular weight is 281 g/mol. The Labute approximate surface area is 121 Å². The van der Waals surface area contributed by atoms with Gasteiger partial charge in [-0.1, -0.05) is 27.7 Å². The van der Waals surface area contributed by atoms with Crippen molar-refractivity contribution in [2.75, 3.05) is 24.5 Å². The standard InChI is InChI=1S/C15H27N3S/c1-5-7-16-9-13-11-19-14(17-13)18-8-6-12(10-18)15(2,3)4/h11-12,16H,5-10H2,1-4H3. The highest BCUT2D eigenvalue weighted by Gasteiger charge is 2.32. The van der Waals surface area contributed by atoms with E-state index in [4.69, 9.17) is 4.98 Å². The maximum absolute atomic E-state index is 4.76. The van der Waals surface area contributed by atoms with Crippen LogP contribution in [0.25, 0.3) is 0 Å². The highest BCUT2D eigenvalue weighted by molar-refractivity contribution is 7.13. The van der Waals surface area contributed by atoms with Gasteiger partial charge in [-0.05, 0) is 30.7 Å². The number of nitrogens with one attached hydrogen (secondary N) is 1. The summed E-state index contributed by atoms with van der Waals surface area (Å²) in [7, 11) is 0. The quantitative estimate of drug-likeness (QED) is 0.837. The van der Waals surface area contributed by atoms with Gasteiger partial charge in [0.2, 0.25) is 0 Å². The van der Waals surface area contributed by atoms with Crippen molar-refractivity contribution in [2.24, 2.45) is 11.3 Å². The summed E-state index contributed by atoms with van der Waals surface area (Å²) in [5.74, 6) is 0.790. The fraction of sp³-hybridized carbons (Fsp3) is 0.800. The first-order valence-electron chi connectivity index (χ1n) is 7.40. The second-order valence-electron chi connectivity index (χ2n) is 6.60. The maximum Gasteiger partial charge on any atom is 0.185 e. The Morgan fingerprint density at radius 3 is 2.89 bits per heavy atom. The normalized spacial score (nSPS) is 20.2. The fourth-order valence-corrected chi connectivity index (χ4v) is 3.42. The summed E-state index contributed by atoms with van der Waals surface area (Å²) in [6.45, 7) is 13.5. The monoisotopic (exact) mass is 281 g/mol. The number of nitrogens with zero attached hydrogens (tertiary/aromatic N) is 2. The summed E-state index contributed by atoms with van der Waals surface area (Å²) in [6, 6.07) is 0. The molecule has 1 aromatic rings. The lowest BCUT2D eigenvalue weighted by Crippen LogP contribution is -2.25. The lowest BCUT2D eigenvalue weighted by molar-refractivity contribution is 0.263. The molecule has 0 aliphatic carbocycles. The SMILES string of the molecule is CCCNCc1csc(N2CCC(C(C)(C)C)C2)n1. The van der Waals surface area contributed by atoms with Crippen LogP contribution in [0.5, 0.6) is 0 Å². The molecule has 0 amide bonds. The first kappa shape index (κ1) is 14.8. The Hall–Kier alpha value is -0.610. The van der Waals surface area contributed by atoms with Crippen LogP contribution in [0.4, 0.5) is 5.13 Å². The van der Waals surface area contributed by atoms with E-state index in [0.29, 0.717) is 5.41 Å². The molecule has 1 fully saturated rings. The van der Waals surface area contributed by atoms with Gasteiger partial charge in [-0.15, -0.1) is 11.3 Å². The molecule has 1 atom stereocenters. The second-order valence-corrected chi connectivity index (χ2v) is 7.43. The molecule has 0 radical (unpaired) electrons. The first-order chi connectivity index (χ1) is 9.00. The molecule has 2 rings (SSSR count). The van der Waals surface area contributed by atoms with E-state index in [-0.39, 0.29) is 0 Å². The third-order valence-electron chi connectivity index (χ3n) is 3.96. The zero-order valence-electron chi connectivity index (χ0n) is 12.7. The Bertz CT molecular complexity index is 394. The number of aromatic nitrogens is 1. The molecular weight excluding hydrogens is 254 g/mol. The van der Waals surface area contributed by atoms with E-state index < -0.39 is 0 Å². The molecule has 1 saturated heterocycles. The zero-order valence-corrected chi connectivity index (χ0v) is 13.5. The van der Waals surface area contributed by atoms with Gasteiger partial charge < -0.3 is 10.2 Å². The molecule has 1 aliphatic heterocycles. The van der Waals surface area contributed by atoms with Gasteiger partial charge in [0, 0.05) is 25.0 Å². The summed E-state index contributed by atoms with van der Waals surface area (Å²) in [5.41, 5.74) is 1.60. The van der Waals surface area contributed by atoms with Gasteiger partial charge in [-0.3, -0.25) is 0 Å². The summed E-state index contributed by atoms with van der Waals surface area (Å²) in [4.78, 5) is 7.22. The molecule has 4 heteroatoms. The van der Waals surface area contributed by atoms with Gasteiger partial charge in [-0.25, -0.2) is 4.98 Å². The summed E-state index contributed by atoms with van der Waals surface area (Å²) >= 11 is 1.79. The Kier molecular flexibility index (Phi) is 4.85. The molecule has 1 aliphatic rings. The molecule has 0 saturated carbocycles. The van der Waals surface area contributed by atoms with Crippen LogP contribution in [-0.2, 0) is 6.54 Å². The molecule has 2 heterocycles. The van der Waals surface area contributed by atoms with Gasteiger partial charge in [0.15, 0.2) is 5.13 Å². The second kappa shape index (κ2) is 6.23. The van der Waals surface area contributed by atoms with E-state index in [2.05, 4.69) is 43.3 Å². The van der Waals surface area contributed by atoms with E-state index >= 15 is 0 Å². The minimum absolute atomic E-state index is 0.414. The number of thiazole rings is 1. The van der Waals surface area contributed by atoms with Crippen molar-refractivity contribution in [2.45, 2.75) is 47.1 Å². The number of hydrogen-bond donors (Lipinski definition) is 1. The lowest BCUT2D eigenvalue weighted by Gasteiger charge is -2.26. The van der Waals surface area contributed by atoms with E-state index in [1.807, 2.05) is 0 Å². The van der Waals surface area contributed by atoms with Crippen LogP contribution in [0.3, 0.4) is 0 Å².